The minimum Gasteiger partial charge on any atom is -0.329 e. The third kappa shape index (κ3) is 1.88. The van der Waals surface area contributed by atoms with E-state index >= 15 is 0 Å². The van der Waals surface area contributed by atoms with Gasteiger partial charge in [0, 0.05) is 12.0 Å². The maximum Gasteiger partial charge on any atom is 0.316 e. The van der Waals surface area contributed by atoms with Crippen molar-refractivity contribution in [2.45, 2.75) is 13.3 Å². The lowest BCUT2D eigenvalue weighted by atomic mass is 10.2. The van der Waals surface area contributed by atoms with Crippen LogP contribution in [-0.2, 0) is 6.42 Å². The summed E-state index contributed by atoms with van der Waals surface area (Å²) in [6.45, 7) is 1.94. The second kappa shape index (κ2) is 4.40. The van der Waals surface area contributed by atoms with Crippen LogP contribution in [0.3, 0.4) is 0 Å². The lowest BCUT2D eigenvalue weighted by molar-refractivity contribution is 0.380. The molecule has 90 valence electrons. The molecule has 3 aromatic rings. The van der Waals surface area contributed by atoms with Crippen LogP contribution in [0.15, 0.2) is 39.4 Å². The van der Waals surface area contributed by atoms with Gasteiger partial charge in [-0.2, -0.15) is 9.97 Å². The summed E-state index contributed by atoms with van der Waals surface area (Å²) in [5, 5.41) is 7.66. The monoisotopic (exact) mass is 242 g/mol. The van der Waals surface area contributed by atoms with Crippen molar-refractivity contribution in [3.63, 3.8) is 0 Å². The van der Waals surface area contributed by atoms with E-state index in [0.717, 1.165) is 5.56 Å². The van der Waals surface area contributed by atoms with Gasteiger partial charge in [-0.05, 0) is 0 Å². The molecule has 18 heavy (non-hydrogen) atoms. The Bertz CT molecular complexity index is 645. The normalized spacial score (nSPS) is 10.7. The summed E-state index contributed by atoms with van der Waals surface area (Å²) in [6.07, 6.45) is 0.698. The van der Waals surface area contributed by atoms with Crippen molar-refractivity contribution in [3.05, 3.63) is 36.2 Å². The minimum atomic E-state index is 0.237. The largest absolute Gasteiger partial charge is 0.329 e. The Kier molecular flexibility index (Phi) is 2.60. The fourth-order valence-electron chi connectivity index (χ4n) is 1.50. The zero-order valence-electron chi connectivity index (χ0n) is 9.70. The fourth-order valence-corrected chi connectivity index (χ4v) is 1.50. The molecular weight excluding hydrogens is 232 g/mol. The Hall–Kier alpha value is -2.50. The summed E-state index contributed by atoms with van der Waals surface area (Å²) >= 11 is 0. The van der Waals surface area contributed by atoms with Crippen LogP contribution in [0.2, 0.25) is 0 Å². The molecule has 0 bridgehead atoms. The highest BCUT2D eigenvalue weighted by molar-refractivity contribution is 5.55. The predicted octanol–water partition coefficient (Wildman–Crippen LogP) is 2.35. The molecule has 0 atom stereocenters. The van der Waals surface area contributed by atoms with Gasteiger partial charge in [-0.15, -0.1) is 0 Å². The fraction of sp³-hybridized carbons (Fsp3) is 0.167. The highest BCUT2D eigenvalue weighted by Gasteiger charge is 2.16. The van der Waals surface area contributed by atoms with Crippen molar-refractivity contribution < 1.29 is 9.05 Å². The van der Waals surface area contributed by atoms with E-state index in [1.54, 1.807) is 0 Å². The van der Waals surface area contributed by atoms with Crippen LogP contribution in [0, 0.1) is 0 Å². The molecule has 3 rings (SSSR count). The number of aryl methyl sites for hydroxylation is 1. The smallest absolute Gasteiger partial charge is 0.316 e. The Labute approximate surface area is 103 Å². The summed E-state index contributed by atoms with van der Waals surface area (Å²) < 4.78 is 10.1. The molecule has 0 amide bonds. The van der Waals surface area contributed by atoms with E-state index in [9.17, 15) is 0 Å². The van der Waals surface area contributed by atoms with Crippen molar-refractivity contribution in [1.29, 1.82) is 0 Å². The van der Waals surface area contributed by atoms with Crippen LogP contribution in [0.4, 0.5) is 0 Å². The number of hydrogen-bond acceptors (Lipinski definition) is 6. The predicted molar refractivity (Wildman–Crippen MR) is 62.4 cm³/mol. The Morgan fingerprint density at radius 3 is 2.39 bits per heavy atom. The van der Waals surface area contributed by atoms with Crippen LogP contribution in [0.5, 0.6) is 0 Å². The standard InChI is InChI=1S/C12H10N4O2/c1-2-9-13-11(17-15-9)12-14-10(16-18-12)8-6-4-3-5-7-8/h3-7H,2H2,1H3. The minimum absolute atomic E-state index is 0.237. The number of nitrogens with zero attached hydrogens (tertiary/aromatic N) is 4. The first-order valence-corrected chi connectivity index (χ1v) is 5.59. The van der Waals surface area contributed by atoms with E-state index in [0.29, 0.717) is 18.1 Å². The topological polar surface area (TPSA) is 77.8 Å². The molecule has 2 aromatic heterocycles. The highest BCUT2D eigenvalue weighted by Crippen LogP contribution is 2.20. The third-order valence-electron chi connectivity index (χ3n) is 2.43. The van der Waals surface area contributed by atoms with Gasteiger partial charge in [0.1, 0.15) is 0 Å². The van der Waals surface area contributed by atoms with Gasteiger partial charge >= 0.3 is 11.8 Å². The van der Waals surface area contributed by atoms with E-state index in [1.165, 1.54) is 0 Å². The Balaban J connectivity index is 1.94. The maximum atomic E-state index is 5.11. The van der Waals surface area contributed by atoms with Crippen LogP contribution in [0.25, 0.3) is 23.2 Å². The van der Waals surface area contributed by atoms with E-state index in [-0.39, 0.29) is 11.8 Å². The van der Waals surface area contributed by atoms with Gasteiger partial charge in [-0.25, -0.2) is 0 Å². The molecule has 0 aliphatic heterocycles. The number of hydrogen-bond donors (Lipinski definition) is 0. The molecule has 6 nitrogen and oxygen atoms in total. The Morgan fingerprint density at radius 2 is 1.67 bits per heavy atom. The summed E-state index contributed by atoms with van der Waals surface area (Å²) in [7, 11) is 0. The van der Waals surface area contributed by atoms with Crippen molar-refractivity contribution in [3.8, 4) is 23.2 Å². The molecule has 0 fully saturated rings. The van der Waals surface area contributed by atoms with E-state index < -0.39 is 0 Å². The van der Waals surface area contributed by atoms with E-state index in [2.05, 4.69) is 20.3 Å². The van der Waals surface area contributed by atoms with Crippen LogP contribution in [-0.4, -0.2) is 20.3 Å². The first-order valence-electron chi connectivity index (χ1n) is 5.59. The first-order chi connectivity index (χ1) is 8.86. The molecule has 0 saturated carbocycles. The molecule has 1 aromatic carbocycles. The van der Waals surface area contributed by atoms with Gasteiger partial charge in [0.15, 0.2) is 5.82 Å². The van der Waals surface area contributed by atoms with Crippen molar-refractivity contribution in [2.24, 2.45) is 0 Å². The maximum absolute atomic E-state index is 5.11. The van der Waals surface area contributed by atoms with Crippen LogP contribution >= 0.6 is 0 Å². The Morgan fingerprint density at radius 1 is 0.944 bits per heavy atom. The van der Waals surface area contributed by atoms with Crippen molar-refractivity contribution in [1.82, 2.24) is 20.3 Å². The molecule has 0 N–H and O–H groups in total. The summed E-state index contributed by atoms with van der Waals surface area (Å²) in [6, 6.07) is 9.55. The number of benzene rings is 1. The molecule has 0 spiro atoms. The highest BCUT2D eigenvalue weighted by atomic mass is 16.5. The van der Waals surface area contributed by atoms with Crippen molar-refractivity contribution >= 4 is 0 Å². The average Bonchev–Trinajstić information content (AvgIpc) is 3.08. The lowest BCUT2D eigenvalue weighted by Crippen LogP contribution is -1.83. The number of rotatable bonds is 3. The molecule has 0 radical (unpaired) electrons. The van der Waals surface area contributed by atoms with Gasteiger partial charge in [0.25, 0.3) is 0 Å². The summed E-state index contributed by atoms with van der Waals surface area (Å²) in [5.41, 5.74) is 0.878. The molecule has 6 heteroatoms. The lowest BCUT2D eigenvalue weighted by Gasteiger charge is -1.89. The molecule has 0 aliphatic rings. The molecule has 0 saturated heterocycles. The van der Waals surface area contributed by atoms with Gasteiger partial charge in [0.2, 0.25) is 5.82 Å². The molecule has 2 heterocycles. The van der Waals surface area contributed by atoms with Crippen molar-refractivity contribution in [2.75, 3.05) is 0 Å². The van der Waals surface area contributed by atoms with Gasteiger partial charge in [-0.3, -0.25) is 0 Å². The molecule has 0 aliphatic carbocycles. The third-order valence-corrected chi connectivity index (χ3v) is 2.43. The zero-order chi connectivity index (χ0) is 12.4. The molecule has 0 unspecified atom stereocenters. The zero-order valence-corrected chi connectivity index (χ0v) is 9.70. The van der Waals surface area contributed by atoms with Crippen LogP contribution < -0.4 is 0 Å². The van der Waals surface area contributed by atoms with Gasteiger partial charge < -0.3 is 9.05 Å². The second-order valence-corrected chi connectivity index (χ2v) is 3.66. The quantitative estimate of drug-likeness (QED) is 0.701. The first kappa shape index (κ1) is 10.6. The average molecular weight is 242 g/mol. The SMILES string of the molecule is CCc1noc(-c2nc(-c3ccccc3)no2)n1. The number of aromatic nitrogens is 4. The van der Waals surface area contributed by atoms with E-state index in [1.807, 2.05) is 37.3 Å². The molecular formula is C12H10N4O2. The van der Waals surface area contributed by atoms with Gasteiger partial charge in [0.05, 0.1) is 0 Å². The van der Waals surface area contributed by atoms with Crippen LogP contribution in [0.1, 0.15) is 12.7 Å². The summed E-state index contributed by atoms with van der Waals surface area (Å²) in [5.74, 6) is 1.61. The summed E-state index contributed by atoms with van der Waals surface area (Å²) in [4.78, 5) is 8.36. The van der Waals surface area contributed by atoms with E-state index in [4.69, 9.17) is 9.05 Å². The van der Waals surface area contributed by atoms with Gasteiger partial charge in [-0.1, -0.05) is 47.6 Å². The second-order valence-electron chi connectivity index (χ2n) is 3.66.